The van der Waals surface area contributed by atoms with Crippen LogP contribution in [0.3, 0.4) is 0 Å². The number of phenolic OH excluding ortho intramolecular Hbond substituents is 1. The standard InChI is InChI=1S/C11H16FNO/c1-8(2)13(3)7-9-4-10(12)6-11(14)5-9/h4-6,8,14H,7H2,1-3H3. The highest BCUT2D eigenvalue weighted by Crippen LogP contribution is 2.16. The van der Waals surface area contributed by atoms with Crippen LogP contribution in [0.1, 0.15) is 19.4 Å². The van der Waals surface area contributed by atoms with Crippen molar-refractivity contribution in [1.29, 1.82) is 0 Å². The van der Waals surface area contributed by atoms with Crippen molar-refractivity contribution in [1.82, 2.24) is 4.90 Å². The van der Waals surface area contributed by atoms with Gasteiger partial charge >= 0.3 is 0 Å². The number of hydrogen-bond donors (Lipinski definition) is 1. The molecule has 0 aliphatic heterocycles. The summed E-state index contributed by atoms with van der Waals surface area (Å²) in [7, 11) is 1.96. The number of halogens is 1. The van der Waals surface area contributed by atoms with E-state index in [0.717, 1.165) is 11.6 Å². The minimum atomic E-state index is -0.392. The maximum absolute atomic E-state index is 12.9. The van der Waals surface area contributed by atoms with Crippen LogP contribution in [0.15, 0.2) is 18.2 Å². The van der Waals surface area contributed by atoms with Crippen molar-refractivity contribution >= 4 is 0 Å². The van der Waals surface area contributed by atoms with Crippen molar-refractivity contribution in [3.8, 4) is 5.75 Å². The van der Waals surface area contributed by atoms with Gasteiger partial charge in [0.25, 0.3) is 0 Å². The number of benzene rings is 1. The first kappa shape index (κ1) is 11.0. The fourth-order valence-corrected chi connectivity index (χ4v) is 1.20. The van der Waals surface area contributed by atoms with Crippen molar-refractivity contribution in [2.75, 3.05) is 7.05 Å². The normalized spacial score (nSPS) is 11.3. The maximum atomic E-state index is 12.9. The average molecular weight is 197 g/mol. The lowest BCUT2D eigenvalue weighted by Gasteiger charge is -2.20. The summed E-state index contributed by atoms with van der Waals surface area (Å²) in [5, 5.41) is 9.19. The van der Waals surface area contributed by atoms with E-state index in [1.165, 1.54) is 6.07 Å². The Morgan fingerprint density at radius 2 is 2.00 bits per heavy atom. The van der Waals surface area contributed by atoms with Gasteiger partial charge in [-0.2, -0.15) is 0 Å². The number of hydrogen-bond acceptors (Lipinski definition) is 2. The molecule has 0 bridgehead atoms. The van der Waals surface area contributed by atoms with E-state index < -0.39 is 5.82 Å². The Bertz CT molecular complexity index is 292. The van der Waals surface area contributed by atoms with Crippen LogP contribution in [0.5, 0.6) is 5.75 Å². The van der Waals surface area contributed by atoms with E-state index in [0.29, 0.717) is 12.6 Å². The minimum absolute atomic E-state index is 0.0165. The predicted octanol–water partition coefficient (Wildman–Crippen LogP) is 2.37. The largest absolute Gasteiger partial charge is 0.508 e. The average Bonchev–Trinajstić information content (AvgIpc) is 2.01. The Hall–Kier alpha value is -1.09. The summed E-state index contributed by atoms with van der Waals surface area (Å²) in [5.41, 5.74) is 0.790. The summed E-state index contributed by atoms with van der Waals surface area (Å²) >= 11 is 0. The quantitative estimate of drug-likeness (QED) is 0.804. The molecule has 0 aliphatic rings. The Labute approximate surface area is 84.0 Å². The van der Waals surface area contributed by atoms with Crippen LogP contribution in [0.25, 0.3) is 0 Å². The van der Waals surface area contributed by atoms with Crippen molar-refractivity contribution in [2.45, 2.75) is 26.4 Å². The molecule has 0 radical (unpaired) electrons. The summed E-state index contributed by atoms with van der Waals surface area (Å²) in [5.74, 6) is -0.408. The maximum Gasteiger partial charge on any atom is 0.127 e. The fraction of sp³-hybridized carbons (Fsp3) is 0.455. The molecule has 0 aromatic heterocycles. The van der Waals surface area contributed by atoms with E-state index in [2.05, 4.69) is 18.7 Å². The van der Waals surface area contributed by atoms with Crippen LogP contribution in [-0.2, 0) is 6.54 Å². The first-order chi connectivity index (χ1) is 6.49. The highest BCUT2D eigenvalue weighted by molar-refractivity contribution is 5.28. The Morgan fingerprint density at radius 1 is 1.36 bits per heavy atom. The summed E-state index contributed by atoms with van der Waals surface area (Å²) < 4.78 is 12.9. The topological polar surface area (TPSA) is 23.5 Å². The first-order valence-corrected chi connectivity index (χ1v) is 4.67. The summed E-state index contributed by atoms with van der Waals surface area (Å²) in [4.78, 5) is 2.08. The van der Waals surface area contributed by atoms with Crippen LogP contribution in [0.4, 0.5) is 4.39 Å². The summed E-state index contributed by atoms with van der Waals surface area (Å²) in [6.07, 6.45) is 0. The molecule has 78 valence electrons. The first-order valence-electron chi connectivity index (χ1n) is 4.67. The van der Waals surface area contributed by atoms with Crippen LogP contribution >= 0.6 is 0 Å². The molecule has 1 aromatic rings. The molecule has 3 heteroatoms. The van der Waals surface area contributed by atoms with Crippen molar-refractivity contribution in [2.24, 2.45) is 0 Å². The van der Waals surface area contributed by atoms with Crippen LogP contribution in [0, 0.1) is 5.82 Å². The monoisotopic (exact) mass is 197 g/mol. The third kappa shape index (κ3) is 3.00. The molecular weight excluding hydrogens is 181 g/mol. The molecular formula is C11H16FNO. The van der Waals surface area contributed by atoms with Gasteiger partial charge in [-0.15, -0.1) is 0 Å². The third-order valence-corrected chi connectivity index (χ3v) is 2.26. The fourth-order valence-electron chi connectivity index (χ4n) is 1.20. The SMILES string of the molecule is CC(C)N(C)Cc1cc(O)cc(F)c1. The molecule has 1 rings (SSSR count). The Kier molecular flexibility index (Phi) is 3.47. The molecule has 14 heavy (non-hydrogen) atoms. The van der Waals surface area contributed by atoms with Crippen molar-refractivity contribution in [3.05, 3.63) is 29.6 Å². The zero-order chi connectivity index (χ0) is 10.7. The molecule has 0 saturated heterocycles. The van der Waals surface area contributed by atoms with Gasteiger partial charge in [0.05, 0.1) is 0 Å². The molecule has 1 N–H and O–H groups in total. The molecule has 0 amide bonds. The van der Waals surface area contributed by atoms with E-state index in [1.807, 2.05) is 7.05 Å². The molecule has 0 heterocycles. The summed E-state index contributed by atoms with van der Waals surface area (Å²) in [6.45, 7) is 4.78. The zero-order valence-corrected chi connectivity index (χ0v) is 8.79. The lowest BCUT2D eigenvalue weighted by Crippen LogP contribution is -2.25. The third-order valence-electron chi connectivity index (χ3n) is 2.26. The zero-order valence-electron chi connectivity index (χ0n) is 8.79. The van der Waals surface area contributed by atoms with Gasteiger partial charge in [-0.05, 0) is 38.6 Å². The summed E-state index contributed by atoms with van der Waals surface area (Å²) in [6, 6.07) is 4.54. The number of phenols is 1. The van der Waals surface area contributed by atoms with Gasteiger partial charge in [0.2, 0.25) is 0 Å². The minimum Gasteiger partial charge on any atom is -0.508 e. The van der Waals surface area contributed by atoms with Gasteiger partial charge in [0.1, 0.15) is 11.6 Å². The van der Waals surface area contributed by atoms with Gasteiger partial charge in [-0.3, -0.25) is 4.90 Å². The van der Waals surface area contributed by atoms with Crippen LogP contribution in [-0.4, -0.2) is 23.1 Å². The number of rotatable bonds is 3. The molecule has 0 aliphatic carbocycles. The molecule has 0 atom stereocenters. The second-order valence-electron chi connectivity index (χ2n) is 3.83. The van der Waals surface area contributed by atoms with E-state index in [-0.39, 0.29) is 5.75 Å². The van der Waals surface area contributed by atoms with E-state index in [1.54, 1.807) is 6.07 Å². The van der Waals surface area contributed by atoms with Gasteiger partial charge in [-0.1, -0.05) is 0 Å². The van der Waals surface area contributed by atoms with Crippen molar-refractivity contribution in [3.63, 3.8) is 0 Å². The molecule has 0 spiro atoms. The predicted molar refractivity (Wildman–Crippen MR) is 54.7 cm³/mol. The van der Waals surface area contributed by atoms with Gasteiger partial charge in [0.15, 0.2) is 0 Å². The van der Waals surface area contributed by atoms with Crippen molar-refractivity contribution < 1.29 is 9.50 Å². The molecule has 0 fully saturated rings. The highest BCUT2D eigenvalue weighted by atomic mass is 19.1. The van der Waals surface area contributed by atoms with Gasteiger partial charge < -0.3 is 5.11 Å². The van der Waals surface area contributed by atoms with E-state index in [9.17, 15) is 9.50 Å². The second-order valence-corrected chi connectivity index (χ2v) is 3.83. The number of aromatic hydroxyl groups is 1. The second kappa shape index (κ2) is 4.42. The van der Waals surface area contributed by atoms with E-state index >= 15 is 0 Å². The smallest absolute Gasteiger partial charge is 0.127 e. The lowest BCUT2D eigenvalue weighted by molar-refractivity contribution is 0.265. The molecule has 0 saturated carbocycles. The molecule has 1 aromatic carbocycles. The molecule has 0 unspecified atom stereocenters. The Morgan fingerprint density at radius 3 is 2.50 bits per heavy atom. The lowest BCUT2D eigenvalue weighted by atomic mass is 10.2. The Balaban J connectivity index is 2.76. The number of nitrogens with zero attached hydrogens (tertiary/aromatic N) is 1. The van der Waals surface area contributed by atoms with Crippen LogP contribution < -0.4 is 0 Å². The van der Waals surface area contributed by atoms with E-state index in [4.69, 9.17) is 0 Å². The van der Waals surface area contributed by atoms with Gasteiger partial charge in [-0.25, -0.2) is 4.39 Å². The molecule has 2 nitrogen and oxygen atoms in total. The van der Waals surface area contributed by atoms with Crippen LogP contribution in [0.2, 0.25) is 0 Å². The highest BCUT2D eigenvalue weighted by Gasteiger charge is 2.06. The van der Waals surface area contributed by atoms with Gasteiger partial charge in [0, 0.05) is 18.7 Å².